The molecule has 2 heteroatoms. The normalized spacial score (nSPS) is 10.4. The number of hydrogen-bond acceptors (Lipinski definition) is 1. The lowest BCUT2D eigenvalue weighted by atomic mass is 9.98. The molecule has 0 aliphatic carbocycles. The summed E-state index contributed by atoms with van der Waals surface area (Å²) >= 11 is 0. The van der Waals surface area contributed by atoms with E-state index in [1.807, 2.05) is 32.0 Å². The zero-order chi connectivity index (χ0) is 11.7. The molecule has 0 amide bonds. The quantitative estimate of drug-likeness (QED) is 0.768. The van der Waals surface area contributed by atoms with Crippen LogP contribution in [0.25, 0.3) is 11.1 Å². The van der Waals surface area contributed by atoms with Crippen molar-refractivity contribution in [2.45, 2.75) is 13.8 Å². The van der Waals surface area contributed by atoms with Gasteiger partial charge in [-0.25, -0.2) is 4.39 Å². The van der Waals surface area contributed by atoms with Gasteiger partial charge in [-0.05, 0) is 43.2 Å². The van der Waals surface area contributed by atoms with Crippen molar-refractivity contribution >= 4 is 0 Å². The van der Waals surface area contributed by atoms with Gasteiger partial charge < -0.3 is 5.11 Å². The van der Waals surface area contributed by atoms with E-state index < -0.39 is 0 Å². The van der Waals surface area contributed by atoms with Crippen molar-refractivity contribution in [3.05, 3.63) is 53.3 Å². The molecular weight excluding hydrogens is 203 g/mol. The lowest BCUT2D eigenvalue weighted by Gasteiger charge is -2.09. The molecule has 0 aliphatic rings. The second-order valence-electron chi connectivity index (χ2n) is 3.98. The van der Waals surface area contributed by atoms with Gasteiger partial charge in [0.25, 0.3) is 0 Å². The van der Waals surface area contributed by atoms with E-state index in [1.165, 1.54) is 18.2 Å². The Morgan fingerprint density at radius 1 is 0.938 bits per heavy atom. The fourth-order valence-corrected chi connectivity index (χ4v) is 1.84. The maximum absolute atomic E-state index is 13.1. The molecule has 16 heavy (non-hydrogen) atoms. The molecule has 0 fully saturated rings. The minimum atomic E-state index is -0.340. The lowest BCUT2D eigenvalue weighted by Crippen LogP contribution is -1.86. The molecule has 0 spiro atoms. The third kappa shape index (κ3) is 1.91. The summed E-state index contributed by atoms with van der Waals surface area (Å²) in [5.41, 5.74) is 3.58. The Bertz CT molecular complexity index is 532. The van der Waals surface area contributed by atoms with Gasteiger partial charge in [0.05, 0.1) is 0 Å². The van der Waals surface area contributed by atoms with Gasteiger partial charge in [-0.1, -0.05) is 23.8 Å². The van der Waals surface area contributed by atoms with Crippen molar-refractivity contribution in [1.29, 1.82) is 0 Å². The molecule has 0 unspecified atom stereocenters. The summed E-state index contributed by atoms with van der Waals surface area (Å²) in [7, 11) is 0. The van der Waals surface area contributed by atoms with E-state index in [0.29, 0.717) is 5.56 Å². The molecule has 0 bridgehead atoms. The summed E-state index contributed by atoms with van der Waals surface area (Å²) in [5, 5.41) is 9.72. The van der Waals surface area contributed by atoms with Gasteiger partial charge in [0.15, 0.2) is 0 Å². The number of rotatable bonds is 1. The maximum Gasteiger partial charge on any atom is 0.124 e. The largest absolute Gasteiger partial charge is 0.507 e. The molecule has 1 N–H and O–H groups in total. The van der Waals surface area contributed by atoms with Crippen LogP contribution in [0, 0.1) is 19.7 Å². The van der Waals surface area contributed by atoms with Gasteiger partial charge in [-0.2, -0.15) is 0 Å². The molecule has 82 valence electrons. The smallest absolute Gasteiger partial charge is 0.124 e. The molecule has 2 aromatic carbocycles. The average Bonchev–Trinajstić information content (AvgIpc) is 2.22. The van der Waals surface area contributed by atoms with E-state index in [0.717, 1.165) is 16.7 Å². The van der Waals surface area contributed by atoms with Crippen molar-refractivity contribution in [3.63, 3.8) is 0 Å². The third-order valence-electron chi connectivity index (χ3n) is 2.63. The highest BCUT2D eigenvalue weighted by Gasteiger charge is 2.08. The van der Waals surface area contributed by atoms with Crippen LogP contribution < -0.4 is 0 Å². The van der Waals surface area contributed by atoms with Gasteiger partial charge in [-0.15, -0.1) is 0 Å². The molecule has 0 saturated heterocycles. The molecule has 2 rings (SSSR count). The van der Waals surface area contributed by atoms with Crippen LogP contribution in [0.2, 0.25) is 0 Å². The number of phenols is 1. The Hall–Kier alpha value is -1.83. The number of hydrogen-bond donors (Lipinski definition) is 1. The van der Waals surface area contributed by atoms with Gasteiger partial charge in [0, 0.05) is 5.56 Å². The number of phenolic OH excluding ortho intramolecular Hbond substituents is 1. The standard InChI is InChI=1S/C14H13FO/c1-9-3-5-12(10(2)7-9)13-8-11(15)4-6-14(13)16/h3-8,16H,1-2H3. The highest BCUT2D eigenvalue weighted by atomic mass is 19.1. The molecule has 0 aromatic heterocycles. The predicted molar refractivity (Wildman–Crippen MR) is 63.0 cm³/mol. The summed E-state index contributed by atoms with van der Waals surface area (Å²) in [6.07, 6.45) is 0. The second kappa shape index (κ2) is 3.97. The van der Waals surface area contributed by atoms with Crippen molar-refractivity contribution in [1.82, 2.24) is 0 Å². The van der Waals surface area contributed by atoms with E-state index >= 15 is 0 Å². The first-order valence-electron chi connectivity index (χ1n) is 5.14. The summed E-state index contributed by atoms with van der Waals surface area (Å²) in [5.74, 6) is -0.235. The molecule has 0 atom stereocenters. The Morgan fingerprint density at radius 3 is 2.38 bits per heavy atom. The first kappa shape index (κ1) is 10.7. The van der Waals surface area contributed by atoms with E-state index in [-0.39, 0.29) is 11.6 Å². The first-order chi connectivity index (χ1) is 7.58. The fourth-order valence-electron chi connectivity index (χ4n) is 1.84. The monoisotopic (exact) mass is 216 g/mol. The highest BCUT2D eigenvalue weighted by Crippen LogP contribution is 2.32. The zero-order valence-electron chi connectivity index (χ0n) is 9.29. The van der Waals surface area contributed by atoms with E-state index in [2.05, 4.69) is 0 Å². The SMILES string of the molecule is Cc1ccc(-c2cc(F)ccc2O)c(C)c1. The van der Waals surface area contributed by atoms with Crippen LogP contribution in [-0.4, -0.2) is 5.11 Å². The summed E-state index contributed by atoms with van der Waals surface area (Å²) in [6, 6.07) is 9.85. The number of aromatic hydroxyl groups is 1. The van der Waals surface area contributed by atoms with E-state index in [1.54, 1.807) is 0 Å². The van der Waals surface area contributed by atoms with Gasteiger partial charge >= 0.3 is 0 Å². The molecule has 0 heterocycles. The van der Waals surface area contributed by atoms with E-state index in [9.17, 15) is 9.50 Å². The van der Waals surface area contributed by atoms with Crippen LogP contribution in [0.1, 0.15) is 11.1 Å². The number of aryl methyl sites for hydroxylation is 2. The Balaban J connectivity index is 2.62. The van der Waals surface area contributed by atoms with Crippen molar-refractivity contribution < 1.29 is 9.50 Å². The molecule has 0 saturated carbocycles. The Labute approximate surface area is 94.2 Å². The van der Waals surface area contributed by atoms with Crippen LogP contribution in [0.4, 0.5) is 4.39 Å². The predicted octanol–water partition coefficient (Wildman–Crippen LogP) is 3.82. The minimum absolute atomic E-state index is 0.105. The summed E-state index contributed by atoms with van der Waals surface area (Å²) < 4.78 is 13.1. The summed E-state index contributed by atoms with van der Waals surface area (Å²) in [4.78, 5) is 0. The second-order valence-corrected chi connectivity index (χ2v) is 3.98. The van der Waals surface area contributed by atoms with Crippen LogP contribution in [0.15, 0.2) is 36.4 Å². The third-order valence-corrected chi connectivity index (χ3v) is 2.63. The van der Waals surface area contributed by atoms with Crippen LogP contribution >= 0.6 is 0 Å². The summed E-state index contributed by atoms with van der Waals surface area (Å²) in [6.45, 7) is 3.95. The van der Waals surface area contributed by atoms with Crippen LogP contribution in [-0.2, 0) is 0 Å². The highest BCUT2D eigenvalue weighted by molar-refractivity contribution is 5.73. The molecule has 0 aliphatic heterocycles. The van der Waals surface area contributed by atoms with Crippen LogP contribution in [0.3, 0.4) is 0 Å². The molecule has 2 aromatic rings. The average molecular weight is 216 g/mol. The molecule has 0 radical (unpaired) electrons. The molecular formula is C14H13FO. The molecule has 1 nitrogen and oxygen atoms in total. The van der Waals surface area contributed by atoms with Crippen molar-refractivity contribution in [2.24, 2.45) is 0 Å². The zero-order valence-corrected chi connectivity index (χ0v) is 9.29. The fraction of sp³-hybridized carbons (Fsp3) is 0.143. The van der Waals surface area contributed by atoms with Crippen molar-refractivity contribution in [3.8, 4) is 16.9 Å². The minimum Gasteiger partial charge on any atom is -0.507 e. The van der Waals surface area contributed by atoms with Gasteiger partial charge in [0.1, 0.15) is 11.6 Å². The number of halogens is 1. The van der Waals surface area contributed by atoms with Gasteiger partial charge in [-0.3, -0.25) is 0 Å². The number of benzene rings is 2. The topological polar surface area (TPSA) is 20.2 Å². The lowest BCUT2D eigenvalue weighted by molar-refractivity contribution is 0.475. The van der Waals surface area contributed by atoms with Crippen LogP contribution in [0.5, 0.6) is 5.75 Å². The first-order valence-corrected chi connectivity index (χ1v) is 5.14. The Morgan fingerprint density at radius 2 is 1.69 bits per heavy atom. The van der Waals surface area contributed by atoms with Crippen molar-refractivity contribution in [2.75, 3.05) is 0 Å². The van der Waals surface area contributed by atoms with Gasteiger partial charge in [0.2, 0.25) is 0 Å². The Kier molecular flexibility index (Phi) is 2.65. The van der Waals surface area contributed by atoms with E-state index in [4.69, 9.17) is 0 Å². The maximum atomic E-state index is 13.1.